The number of nitrogens with zero attached hydrogens (tertiary/aromatic N) is 2. The number of hydrogen-bond acceptors (Lipinski definition) is 5. The maximum Gasteiger partial charge on any atom is 0.271 e. The van der Waals surface area contributed by atoms with E-state index in [-0.39, 0.29) is 11.5 Å². The van der Waals surface area contributed by atoms with Gasteiger partial charge in [0.25, 0.3) is 11.5 Å². The molecule has 166 valence electrons. The third-order valence-corrected chi connectivity index (χ3v) is 6.58. The van der Waals surface area contributed by atoms with Crippen LogP contribution in [0, 0.1) is 13.8 Å². The summed E-state index contributed by atoms with van der Waals surface area (Å²) in [6.07, 6.45) is 3.59. The molecule has 33 heavy (non-hydrogen) atoms. The van der Waals surface area contributed by atoms with Crippen molar-refractivity contribution in [3.8, 4) is 0 Å². The van der Waals surface area contributed by atoms with Gasteiger partial charge in [0.2, 0.25) is 0 Å². The summed E-state index contributed by atoms with van der Waals surface area (Å²) in [5.74, 6) is 0.902. The number of nitrogens with one attached hydrogen (secondary N) is 2. The van der Waals surface area contributed by atoms with Crippen molar-refractivity contribution in [2.45, 2.75) is 26.8 Å². The van der Waals surface area contributed by atoms with Gasteiger partial charge in [-0.05, 0) is 62.7 Å². The van der Waals surface area contributed by atoms with Crippen LogP contribution in [0.3, 0.4) is 0 Å². The minimum atomic E-state index is -0.718. The molecular formula is C25H22N4O3S. The number of aryl methyl sites for hydroxylation is 2. The predicted octanol–water partition coefficient (Wildman–Crippen LogP) is 3.41. The number of carbonyl (C=O) groups is 1. The van der Waals surface area contributed by atoms with Crippen molar-refractivity contribution < 1.29 is 9.21 Å². The molecule has 0 bridgehead atoms. The molecule has 8 heteroatoms. The molecule has 4 aromatic rings. The topological polar surface area (TPSA) is 92.4 Å². The van der Waals surface area contributed by atoms with Crippen molar-refractivity contribution in [2.75, 3.05) is 5.32 Å². The number of benzene rings is 1. The number of anilines is 1. The molecule has 1 amide bonds. The van der Waals surface area contributed by atoms with E-state index in [1.165, 1.54) is 11.3 Å². The van der Waals surface area contributed by atoms with E-state index in [1.54, 1.807) is 23.8 Å². The van der Waals surface area contributed by atoms with Crippen LogP contribution in [0.25, 0.3) is 6.08 Å². The van der Waals surface area contributed by atoms with Crippen LogP contribution in [0.4, 0.5) is 5.69 Å². The molecule has 4 heterocycles. The Hall–Kier alpha value is -3.91. The van der Waals surface area contributed by atoms with Gasteiger partial charge >= 0.3 is 0 Å². The molecule has 0 fully saturated rings. The Morgan fingerprint density at radius 2 is 1.97 bits per heavy atom. The summed E-state index contributed by atoms with van der Waals surface area (Å²) in [7, 11) is 0. The average Bonchev–Trinajstić information content (AvgIpc) is 3.51. The van der Waals surface area contributed by atoms with E-state index >= 15 is 0 Å². The lowest BCUT2D eigenvalue weighted by Crippen LogP contribution is -2.40. The molecule has 1 aliphatic rings. The molecule has 0 aliphatic carbocycles. The van der Waals surface area contributed by atoms with E-state index < -0.39 is 6.04 Å². The lowest BCUT2D eigenvalue weighted by atomic mass is 10.00. The first-order valence-electron chi connectivity index (χ1n) is 10.5. The van der Waals surface area contributed by atoms with E-state index in [9.17, 15) is 9.59 Å². The summed E-state index contributed by atoms with van der Waals surface area (Å²) in [5, 5.41) is 2.99. The van der Waals surface area contributed by atoms with Crippen molar-refractivity contribution in [3.63, 3.8) is 0 Å². The highest BCUT2D eigenvalue weighted by Gasteiger charge is 2.34. The van der Waals surface area contributed by atoms with Crippen LogP contribution >= 0.6 is 11.3 Å². The van der Waals surface area contributed by atoms with E-state index in [1.807, 2.05) is 62.4 Å². The fourth-order valence-corrected chi connectivity index (χ4v) is 5.00. The summed E-state index contributed by atoms with van der Waals surface area (Å²) in [6, 6.07) is 14.2. The Kier molecular flexibility index (Phi) is 5.22. The van der Waals surface area contributed by atoms with Gasteiger partial charge in [-0.2, -0.15) is 0 Å². The third kappa shape index (κ3) is 3.78. The van der Waals surface area contributed by atoms with Gasteiger partial charge in [0.1, 0.15) is 17.6 Å². The van der Waals surface area contributed by atoms with Crippen LogP contribution in [-0.4, -0.2) is 15.5 Å². The number of para-hydroxylation sites is 1. The number of fused-ring (bicyclic) bond motifs is 1. The van der Waals surface area contributed by atoms with Gasteiger partial charge in [0, 0.05) is 17.6 Å². The smallest absolute Gasteiger partial charge is 0.271 e. The van der Waals surface area contributed by atoms with Crippen LogP contribution in [0.15, 0.2) is 80.2 Å². The van der Waals surface area contributed by atoms with Crippen LogP contribution < -0.4 is 20.2 Å². The molecule has 7 nitrogen and oxygen atoms in total. The summed E-state index contributed by atoms with van der Waals surface area (Å²) < 4.78 is 8.00. The van der Waals surface area contributed by atoms with Crippen molar-refractivity contribution in [1.82, 2.24) is 9.55 Å². The second-order valence-electron chi connectivity index (χ2n) is 7.92. The first kappa shape index (κ1) is 21.0. The average molecular weight is 459 g/mol. The van der Waals surface area contributed by atoms with Gasteiger partial charge in [-0.1, -0.05) is 29.5 Å². The highest BCUT2D eigenvalue weighted by atomic mass is 32.1. The fraction of sp³-hybridized carbons (Fsp3) is 0.160. The summed E-state index contributed by atoms with van der Waals surface area (Å²) in [5.41, 5.74) is 3.18. The molecule has 1 aliphatic heterocycles. The summed E-state index contributed by atoms with van der Waals surface area (Å²) >= 11 is 1.29. The van der Waals surface area contributed by atoms with Crippen LogP contribution in [0.5, 0.6) is 0 Å². The van der Waals surface area contributed by atoms with Gasteiger partial charge in [-0.3, -0.25) is 14.2 Å². The number of aromatic amines is 1. The Morgan fingerprint density at radius 3 is 2.67 bits per heavy atom. The molecule has 1 atom stereocenters. The second kappa shape index (κ2) is 8.22. The summed E-state index contributed by atoms with van der Waals surface area (Å²) in [4.78, 5) is 35.2. The van der Waals surface area contributed by atoms with Gasteiger partial charge in [-0.25, -0.2) is 4.99 Å². The molecular weight excluding hydrogens is 436 g/mol. The monoisotopic (exact) mass is 458 g/mol. The lowest BCUT2D eigenvalue weighted by Gasteiger charge is -2.23. The third-order valence-electron chi connectivity index (χ3n) is 5.60. The molecule has 5 rings (SSSR count). The maximum absolute atomic E-state index is 13.5. The molecule has 0 radical (unpaired) electrons. The number of thiazole rings is 1. The van der Waals surface area contributed by atoms with E-state index in [0.717, 1.165) is 11.3 Å². The predicted molar refractivity (Wildman–Crippen MR) is 128 cm³/mol. The van der Waals surface area contributed by atoms with E-state index in [4.69, 9.17) is 4.42 Å². The largest absolute Gasteiger partial charge is 0.464 e. The molecule has 1 aromatic carbocycles. The zero-order valence-electron chi connectivity index (χ0n) is 18.4. The molecule has 0 spiro atoms. The number of rotatable bonds is 4. The van der Waals surface area contributed by atoms with Crippen LogP contribution in [-0.2, 0) is 4.79 Å². The SMILES string of the molecule is CC1=C(C(=O)Nc2ccccc2C)C(c2ccc(C)o2)n2c(s/c(=C/c3ccc[nH]3)c2=O)=N1. The normalized spacial score (nSPS) is 16.0. The number of amides is 1. The van der Waals surface area contributed by atoms with E-state index in [2.05, 4.69) is 15.3 Å². The van der Waals surface area contributed by atoms with Crippen molar-refractivity contribution in [3.05, 3.63) is 108 Å². The van der Waals surface area contributed by atoms with Gasteiger partial charge in [0.05, 0.1) is 15.8 Å². The summed E-state index contributed by atoms with van der Waals surface area (Å²) in [6.45, 7) is 5.55. The van der Waals surface area contributed by atoms with E-state index in [0.29, 0.717) is 37.8 Å². The number of aromatic nitrogens is 2. The number of allylic oxidation sites excluding steroid dienone is 1. The standard InChI is InChI=1S/C25H22N4O3S/c1-14-7-4-5-9-18(14)28-23(30)21-16(3)27-25-29(22(21)19-11-10-15(2)32-19)24(31)20(33-25)13-17-8-6-12-26-17/h4-13,22,26H,1-3H3,(H,28,30)/b20-13+. The van der Waals surface area contributed by atoms with Gasteiger partial charge < -0.3 is 14.7 Å². The Balaban J connectivity index is 1.67. The second-order valence-corrected chi connectivity index (χ2v) is 8.93. The number of hydrogen-bond donors (Lipinski definition) is 2. The molecule has 3 aromatic heterocycles. The Bertz CT molecular complexity index is 1570. The maximum atomic E-state index is 13.5. The van der Waals surface area contributed by atoms with Crippen molar-refractivity contribution >= 4 is 29.0 Å². The number of H-pyrrole nitrogens is 1. The highest BCUT2D eigenvalue weighted by Crippen LogP contribution is 2.32. The molecule has 0 saturated carbocycles. The molecule has 0 saturated heterocycles. The molecule has 2 N–H and O–H groups in total. The quantitative estimate of drug-likeness (QED) is 0.491. The highest BCUT2D eigenvalue weighted by molar-refractivity contribution is 7.07. The lowest BCUT2D eigenvalue weighted by molar-refractivity contribution is -0.113. The number of furan rings is 1. The first-order valence-corrected chi connectivity index (χ1v) is 11.3. The molecule has 1 unspecified atom stereocenters. The van der Waals surface area contributed by atoms with Crippen LogP contribution in [0.2, 0.25) is 0 Å². The minimum absolute atomic E-state index is 0.221. The Morgan fingerprint density at radius 1 is 1.15 bits per heavy atom. The van der Waals surface area contributed by atoms with Crippen molar-refractivity contribution in [2.24, 2.45) is 4.99 Å². The first-order chi connectivity index (χ1) is 15.9. The number of carbonyl (C=O) groups excluding carboxylic acids is 1. The Labute approximate surface area is 193 Å². The zero-order chi connectivity index (χ0) is 23.1. The zero-order valence-corrected chi connectivity index (χ0v) is 19.2. The van der Waals surface area contributed by atoms with Crippen LogP contribution in [0.1, 0.15) is 35.7 Å². The van der Waals surface area contributed by atoms with Gasteiger partial charge in [-0.15, -0.1) is 0 Å². The van der Waals surface area contributed by atoms with Crippen molar-refractivity contribution in [1.29, 1.82) is 0 Å². The minimum Gasteiger partial charge on any atom is -0.464 e. The van der Waals surface area contributed by atoms with Gasteiger partial charge in [0.15, 0.2) is 4.80 Å². The fourth-order valence-electron chi connectivity index (χ4n) is 3.96.